The van der Waals surface area contributed by atoms with E-state index >= 15 is 0 Å². The van der Waals surface area contributed by atoms with Crippen LogP contribution in [0, 0.1) is 0 Å². The molecule has 0 unspecified atom stereocenters. The molecule has 1 aliphatic carbocycles. The Morgan fingerprint density at radius 3 is 2.19 bits per heavy atom. The van der Waals surface area contributed by atoms with E-state index in [0.717, 1.165) is 36.8 Å². The minimum absolute atomic E-state index is 0.136. The summed E-state index contributed by atoms with van der Waals surface area (Å²) in [6.45, 7) is 0.313. The van der Waals surface area contributed by atoms with Crippen molar-refractivity contribution in [3.05, 3.63) is 102 Å². The van der Waals surface area contributed by atoms with Crippen molar-refractivity contribution in [2.24, 2.45) is 0 Å². The predicted molar refractivity (Wildman–Crippen MR) is 125 cm³/mol. The van der Waals surface area contributed by atoms with E-state index in [1.807, 2.05) is 60.7 Å². The molecule has 0 bridgehead atoms. The molecule has 1 atom stereocenters. The van der Waals surface area contributed by atoms with Gasteiger partial charge in [-0.1, -0.05) is 86.0 Å². The molecule has 1 saturated carbocycles. The maximum Gasteiger partial charge on any atom is 0.273 e. The van der Waals surface area contributed by atoms with Crippen molar-refractivity contribution in [2.75, 3.05) is 0 Å². The smallest absolute Gasteiger partial charge is 0.273 e. The average molecular weight is 428 g/mol. The Morgan fingerprint density at radius 2 is 1.53 bits per heavy atom. The molecule has 3 aromatic rings. The number of amides is 2. The molecule has 1 aliphatic rings. The third-order valence-corrected chi connectivity index (χ3v) is 5.97. The largest absolute Gasteiger partial charge is 0.351 e. The molecule has 0 radical (unpaired) electrons. The van der Waals surface area contributed by atoms with Crippen LogP contribution in [0.4, 0.5) is 0 Å². The maximum atomic E-state index is 13.7. The van der Waals surface area contributed by atoms with Gasteiger partial charge in [-0.05, 0) is 36.1 Å². The van der Waals surface area contributed by atoms with Gasteiger partial charge in [-0.25, -0.2) is 0 Å². The third-order valence-electron chi connectivity index (χ3n) is 5.97. The lowest BCUT2D eigenvalue weighted by atomic mass is 9.94. The highest BCUT2D eigenvalue weighted by Gasteiger charge is 2.33. The summed E-state index contributed by atoms with van der Waals surface area (Å²) >= 11 is 0. The lowest BCUT2D eigenvalue weighted by Crippen LogP contribution is -2.47. The first kappa shape index (κ1) is 21.8. The molecule has 4 rings (SSSR count). The molecule has 1 fully saturated rings. The van der Waals surface area contributed by atoms with Gasteiger partial charge in [0.2, 0.25) is 5.91 Å². The fourth-order valence-corrected chi connectivity index (χ4v) is 4.33. The second-order valence-electron chi connectivity index (χ2n) is 8.29. The Labute approximate surface area is 189 Å². The Balaban J connectivity index is 1.71. The van der Waals surface area contributed by atoms with Crippen LogP contribution in [0.2, 0.25) is 0 Å². The van der Waals surface area contributed by atoms with Crippen molar-refractivity contribution in [1.82, 2.24) is 15.2 Å². The summed E-state index contributed by atoms with van der Waals surface area (Å²) in [7, 11) is 0. The highest BCUT2D eigenvalue weighted by atomic mass is 16.2. The number of carbonyl (C=O) groups is 2. The molecule has 32 heavy (non-hydrogen) atoms. The minimum atomic E-state index is -0.743. The number of benzene rings is 2. The molecular formula is C27H29N3O2. The second-order valence-corrected chi connectivity index (χ2v) is 8.29. The number of aromatic nitrogens is 1. The van der Waals surface area contributed by atoms with Gasteiger partial charge in [0.15, 0.2) is 0 Å². The summed E-state index contributed by atoms with van der Waals surface area (Å²) in [5, 5.41) is 3.24. The molecule has 0 saturated heterocycles. The number of nitrogens with one attached hydrogen (secondary N) is 1. The fourth-order valence-electron chi connectivity index (χ4n) is 4.33. The second kappa shape index (κ2) is 10.7. The van der Waals surface area contributed by atoms with Gasteiger partial charge in [0, 0.05) is 18.8 Å². The van der Waals surface area contributed by atoms with Crippen molar-refractivity contribution in [1.29, 1.82) is 0 Å². The van der Waals surface area contributed by atoms with E-state index < -0.39 is 6.04 Å². The van der Waals surface area contributed by atoms with E-state index in [1.165, 1.54) is 6.42 Å². The Hall–Kier alpha value is -3.47. The molecule has 5 nitrogen and oxygen atoms in total. The van der Waals surface area contributed by atoms with E-state index in [-0.39, 0.29) is 17.9 Å². The zero-order chi connectivity index (χ0) is 22.2. The van der Waals surface area contributed by atoms with Crippen LogP contribution in [0.15, 0.2) is 85.1 Å². The van der Waals surface area contributed by atoms with E-state index in [4.69, 9.17) is 0 Å². The van der Waals surface area contributed by atoms with Crippen LogP contribution in [0.3, 0.4) is 0 Å². The molecule has 1 heterocycles. The van der Waals surface area contributed by atoms with Crippen molar-refractivity contribution in [2.45, 2.75) is 50.7 Å². The predicted octanol–water partition coefficient (Wildman–Crippen LogP) is 4.91. The summed E-state index contributed by atoms with van der Waals surface area (Å²) in [5.41, 5.74) is 2.08. The topological polar surface area (TPSA) is 62.3 Å². The van der Waals surface area contributed by atoms with Crippen LogP contribution in [0.1, 0.15) is 59.8 Å². The highest BCUT2D eigenvalue weighted by Crippen LogP contribution is 2.27. The van der Waals surface area contributed by atoms with Crippen molar-refractivity contribution in [3.8, 4) is 0 Å². The molecule has 1 aromatic heterocycles. The summed E-state index contributed by atoms with van der Waals surface area (Å²) in [6, 6.07) is 24.0. The van der Waals surface area contributed by atoms with Gasteiger partial charge in [-0.2, -0.15) is 0 Å². The lowest BCUT2D eigenvalue weighted by molar-refractivity contribution is -0.127. The molecule has 0 aliphatic heterocycles. The number of hydrogen-bond donors (Lipinski definition) is 1. The summed E-state index contributed by atoms with van der Waals surface area (Å²) in [5.74, 6) is -0.398. The summed E-state index contributed by atoms with van der Waals surface area (Å²) in [4.78, 5) is 33.2. The van der Waals surface area contributed by atoms with Crippen LogP contribution in [-0.2, 0) is 11.3 Å². The Bertz CT molecular complexity index is 1000. The van der Waals surface area contributed by atoms with Gasteiger partial charge in [0.1, 0.15) is 11.7 Å². The number of pyridine rings is 1. The molecule has 5 heteroatoms. The first-order valence-electron chi connectivity index (χ1n) is 11.3. The molecule has 164 valence electrons. The zero-order valence-electron chi connectivity index (χ0n) is 18.2. The lowest BCUT2D eigenvalue weighted by Gasteiger charge is -2.33. The SMILES string of the molecule is O=C(NC1CCCCC1)[C@H](c1ccccc1)N(Cc1ccccc1)C(=O)c1ccccn1. The van der Waals surface area contributed by atoms with Crippen LogP contribution >= 0.6 is 0 Å². The first-order chi connectivity index (χ1) is 15.7. The van der Waals surface area contributed by atoms with E-state index in [9.17, 15) is 9.59 Å². The van der Waals surface area contributed by atoms with Gasteiger partial charge >= 0.3 is 0 Å². The van der Waals surface area contributed by atoms with Crippen LogP contribution < -0.4 is 5.32 Å². The first-order valence-corrected chi connectivity index (χ1v) is 11.3. The third kappa shape index (κ3) is 5.41. The average Bonchev–Trinajstić information content (AvgIpc) is 2.86. The molecule has 2 aromatic carbocycles. The number of carbonyl (C=O) groups excluding carboxylic acids is 2. The van der Waals surface area contributed by atoms with Crippen molar-refractivity contribution < 1.29 is 9.59 Å². The summed E-state index contributed by atoms with van der Waals surface area (Å²) < 4.78 is 0. The van der Waals surface area contributed by atoms with E-state index in [1.54, 1.807) is 29.3 Å². The summed E-state index contributed by atoms with van der Waals surface area (Å²) in [6.07, 6.45) is 7.05. The van der Waals surface area contributed by atoms with Gasteiger partial charge in [0.25, 0.3) is 5.91 Å². The molecule has 2 amide bonds. The van der Waals surface area contributed by atoms with Gasteiger partial charge in [-0.3, -0.25) is 14.6 Å². The van der Waals surface area contributed by atoms with Gasteiger partial charge < -0.3 is 10.2 Å². The Kier molecular flexibility index (Phi) is 7.28. The maximum absolute atomic E-state index is 13.7. The van der Waals surface area contributed by atoms with Crippen LogP contribution in [0.5, 0.6) is 0 Å². The van der Waals surface area contributed by atoms with E-state index in [0.29, 0.717) is 12.2 Å². The Morgan fingerprint density at radius 1 is 0.875 bits per heavy atom. The quantitative estimate of drug-likeness (QED) is 0.582. The van der Waals surface area contributed by atoms with Crippen LogP contribution in [-0.4, -0.2) is 27.7 Å². The van der Waals surface area contributed by atoms with Crippen molar-refractivity contribution >= 4 is 11.8 Å². The van der Waals surface area contributed by atoms with Gasteiger partial charge in [-0.15, -0.1) is 0 Å². The highest BCUT2D eigenvalue weighted by molar-refractivity contribution is 5.96. The van der Waals surface area contributed by atoms with Crippen LogP contribution in [0.25, 0.3) is 0 Å². The minimum Gasteiger partial charge on any atom is -0.351 e. The molecule has 0 spiro atoms. The zero-order valence-corrected chi connectivity index (χ0v) is 18.2. The molecular weight excluding hydrogens is 398 g/mol. The van der Waals surface area contributed by atoms with E-state index in [2.05, 4.69) is 10.3 Å². The number of nitrogens with zero attached hydrogens (tertiary/aromatic N) is 2. The van der Waals surface area contributed by atoms with Crippen molar-refractivity contribution in [3.63, 3.8) is 0 Å². The normalized spacial score (nSPS) is 15.0. The standard InChI is InChI=1S/C27H29N3O2/c31-26(29-23-16-8-3-9-17-23)25(22-14-6-2-7-15-22)30(20-21-12-4-1-5-13-21)27(32)24-18-10-11-19-28-24/h1-2,4-7,10-15,18-19,23,25H,3,8-9,16-17,20H2,(H,29,31)/t25-/m0/s1. The van der Waals surface area contributed by atoms with Gasteiger partial charge in [0.05, 0.1) is 0 Å². The monoisotopic (exact) mass is 427 g/mol. The molecule has 1 N–H and O–H groups in total. The fraction of sp³-hybridized carbons (Fsp3) is 0.296. The number of rotatable bonds is 7. The number of hydrogen-bond acceptors (Lipinski definition) is 3.